The molecule has 1 heteroatoms. The molecule has 0 radical (unpaired) electrons. The molecule has 0 aliphatic carbocycles. The van der Waals surface area contributed by atoms with Gasteiger partial charge in [-0.05, 0) is 35.6 Å². The molecule has 2 aromatic rings. The van der Waals surface area contributed by atoms with Crippen LogP contribution in [-0.2, 0) is 6.42 Å². The van der Waals surface area contributed by atoms with Crippen molar-refractivity contribution in [3.8, 4) is 0 Å². The van der Waals surface area contributed by atoms with Gasteiger partial charge in [-0.25, -0.2) is 0 Å². The fourth-order valence-corrected chi connectivity index (χ4v) is 1.98. The lowest BCUT2D eigenvalue weighted by atomic mass is 10.0. The van der Waals surface area contributed by atoms with E-state index in [1.165, 1.54) is 16.8 Å². The normalized spacial score (nSPS) is 10.6. The van der Waals surface area contributed by atoms with Crippen LogP contribution >= 0.6 is 0 Å². The summed E-state index contributed by atoms with van der Waals surface area (Å²) in [6.07, 6.45) is 1.06. The molecule has 0 bridgehead atoms. The van der Waals surface area contributed by atoms with Gasteiger partial charge >= 0.3 is 0 Å². The molecule has 0 aliphatic heterocycles. The minimum Gasteiger partial charge on any atom is -0.385 e. The maximum atomic E-state index is 3.46. The Morgan fingerprint density at radius 1 is 0.889 bits per heavy atom. The molecule has 94 valence electrons. The minimum absolute atomic E-state index is 0.600. The van der Waals surface area contributed by atoms with Gasteiger partial charge in [-0.1, -0.05) is 56.3 Å². The topological polar surface area (TPSA) is 12.0 Å². The predicted molar refractivity (Wildman–Crippen MR) is 79.2 cm³/mol. The van der Waals surface area contributed by atoms with Gasteiger partial charge < -0.3 is 5.32 Å². The van der Waals surface area contributed by atoms with Crippen LogP contribution in [0.25, 0.3) is 0 Å². The SMILES string of the molecule is CC(C)c1ccc(NCCc2ccccc2)cc1. The molecule has 0 saturated heterocycles. The second-order valence-corrected chi connectivity index (χ2v) is 4.94. The standard InChI is InChI=1S/C17H21N/c1-14(2)16-8-10-17(11-9-16)18-13-12-15-6-4-3-5-7-15/h3-11,14,18H,12-13H2,1-2H3. The Kier molecular flexibility index (Phi) is 4.40. The molecule has 0 aromatic heterocycles. The van der Waals surface area contributed by atoms with Crippen molar-refractivity contribution >= 4 is 5.69 Å². The Morgan fingerprint density at radius 2 is 1.56 bits per heavy atom. The summed E-state index contributed by atoms with van der Waals surface area (Å²) in [5, 5.41) is 3.46. The molecular formula is C17H21N. The smallest absolute Gasteiger partial charge is 0.0340 e. The Labute approximate surface area is 110 Å². The van der Waals surface area contributed by atoms with Crippen LogP contribution in [0.1, 0.15) is 30.9 Å². The molecule has 0 fully saturated rings. The van der Waals surface area contributed by atoms with Gasteiger partial charge in [0.25, 0.3) is 0 Å². The van der Waals surface area contributed by atoms with Crippen LogP contribution < -0.4 is 5.32 Å². The molecule has 2 aromatic carbocycles. The highest BCUT2D eigenvalue weighted by molar-refractivity contribution is 5.45. The zero-order valence-corrected chi connectivity index (χ0v) is 11.2. The van der Waals surface area contributed by atoms with Crippen molar-refractivity contribution in [2.45, 2.75) is 26.2 Å². The van der Waals surface area contributed by atoms with Crippen LogP contribution in [0.15, 0.2) is 54.6 Å². The van der Waals surface area contributed by atoms with Crippen molar-refractivity contribution in [2.24, 2.45) is 0 Å². The Balaban J connectivity index is 1.83. The quantitative estimate of drug-likeness (QED) is 0.812. The van der Waals surface area contributed by atoms with E-state index in [0.717, 1.165) is 13.0 Å². The zero-order chi connectivity index (χ0) is 12.8. The Hall–Kier alpha value is -1.76. The van der Waals surface area contributed by atoms with Gasteiger partial charge in [0, 0.05) is 12.2 Å². The van der Waals surface area contributed by atoms with E-state index in [1.54, 1.807) is 0 Å². The van der Waals surface area contributed by atoms with Crippen LogP contribution in [0.3, 0.4) is 0 Å². The van der Waals surface area contributed by atoms with E-state index in [9.17, 15) is 0 Å². The Morgan fingerprint density at radius 3 is 2.17 bits per heavy atom. The van der Waals surface area contributed by atoms with E-state index in [1.807, 2.05) is 0 Å². The minimum atomic E-state index is 0.600. The summed E-state index contributed by atoms with van der Waals surface area (Å²) < 4.78 is 0. The van der Waals surface area contributed by atoms with Crippen molar-refractivity contribution in [3.63, 3.8) is 0 Å². The number of nitrogens with one attached hydrogen (secondary N) is 1. The summed E-state index contributed by atoms with van der Waals surface area (Å²) in [6.45, 7) is 5.42. The number of benzene rings is 2. The summed E-state index contributed by atoms with van der Waals surface area (Å²) in [4.78, 5) is 0. The van der Waals surface area contributed by atoms with E-state index < -0.39 is 0 Å². The van der Waals surface area contributed by atoms with Crippen LogP contribution in [0.5, 0.6) is 0 Å². The summed E-state index contributed by atoms with van der Waals surface area (Å²) >= 11 is 0. The highest BCUT2D eigenvalue weighted by Gasteiger charge is 1.98. The monoisotopic (exact) mass is 239 g/mol. The van der Waals surface area contributed by atoms with Gasteiger partial charge in [0.05, 0.1) is 0 Å². The molecule has 2 rings (SSSR count). The summed E-state index contributed by atoms with van der Waals surface area (Å²) in [6, 6.07) is 19.3. The van der Waals surface area contributed by atoms with Crippen molar-refractivity contribution in [2.75, 3.05) is 11.9 Å². The third kappa shape index (κ3) is 3.63. The summed E-state index contributed by atoms with van der Waals surface area (Å²) in [5.74, 6) is 0.600. The van der Waals surface area contributed by atoms with Gasteiger partial charge in [0.1, 0.15) is 0 Å². The molecular weight excluding hydrogens is 218 g/mol. The van der Waals surface area contributed by atoms with Crippen molar-refractivity contribution in [1.82, 2.24) is 0 Å². The van der Waals surface area contributed by atoms with Crippen LogP contribution in [0.4, 0.5) is 5.69 Å². The molecule has 0 aliphatic rings. The van der Waals surface area contributed by atoms with E-state index in [4.69, 9.17) is 0 Å². The lowest BCUT2D eigenvalue weighted by molar-refractivity contribution is 0.866. The molecule has 1 nitrogen and oxygen atoms in total. The highest BCUT2D eigenvalue weighted by Crippen LogP contribution is 2.17. The van der Waals surface area contributed by atoms with Gasteiger partial charge in [-0.3, -0.25) is 0 Å². The van der Waals surface area contributed by atoms with Crippen LogP contribution in [-0.4, -0.2) is 6.54 Å². The largest absolute Gasteiger partial charge is 0.385 e. The number of hydrogen-bond donors (Lipinski definition) is 1. The van der Waals surface area contributed by atoms with Gasteiger partial charge in [-0.2, -0.15) is 0 Å². The van der Waals surface area contributed by atoms with Crippen LogP contribution in [0.2, 0.25) is 0 Å². The lowest BCUT2D eigenvalue weighted by Crippen LogP contribution is -2.04. The third-order valence-corrected chi connectivity index (χ3v) is 3.16. The fraction of sp³-hybridized carbons (Fsp3) is 0.294. The van der Waals surface area contributed by atoms with Gasteiger partial charge in [0.15, 0.2) is 0 Å². The average Bonchev–Trinajstić information content (AvgIpc) is 2.40. The molecule has 0 spiro atoms. The molecule has 1 N–H and O–H groups in total. The first-order chi connectivity index (χ1) is 8.75. The number of anilines is 1. The highest BCUT2D eigenvalue weighted by atomic mass is 14.9. The predicted octanol–water partition coefficient (Wildman–Crippen LogP) is 4.46. The number of rotatable bonds is 5. The first-order valence-electron chi connectivity index (χ1n) is 6.63. The van der Waals surface area contributed by atoms with Gasteiger partial charge in [-0.15, -0.1) is 0 Å². The van der Waals surface area contributed by atoms with Crippen molar-refractivity contribution in [1.29, 1.82) is 0 Å². The summed E-state index contributed by atoms with van der Waals surface area (Å²) in [5.41, 5.74) is 3.97. The molecule has 0 saturated carbocycles. The van der Waals surface area contributed by atoms with E-state index in [-0.39, 0.29) is 0 Å². The number of hydrogen-bond acceptors (Lipinski definition) is 1. The molecule has 0 heterocycles. The first kappa shape index (κ1) is 12.7. The van der Waals surface area contributed by atoms with E-state index in [0.29, 0.717) is 5.92 Å². The first-order valence-corrected chi connectivity index (χ1v) is 6.63. The van der Waals surface area contributed by atoms with Gasteiger partial charge in [0.2, 0.25) is 0 Å². The van der Waals surface area contributed by atoms with Crippen LogP contribution in [0, 0.1) is 0 Å². The average molecular weight is 239 g/mol. The van der Waals surface area contributed by atoms with E-state index in [2.05, 4.69) is 73.8 Å². The van der Waals surface area contributed by atoms with Crippen molar-refractivity contribution < 1.29 is 0 Å². The second-order valence-electron chi connectivity index (χ2n) is 4.94. The zero-order valence-electron chi connectivity index (χ0n) is 11.2. The summed E-state index contributed by atoms with van der Waals surface area (Å²) in [7, 11) is 0. The molecule has 0 unspecified atom stereocenters. The van der Waals surface area contributed by atoms with E-state index >= 15 is 0 Å². The maximum absolute atomic E-state index is 3.46. The fourth-order valence-electron chi connectivity index (χ4n) is 1.98. The second kappa shape index (κ2) is 6.25. The molecule has 0 atom stereocenters. The van der Waals surface area contributed by atoms with Crippen molar-refractivity contribution in [3.05, 3.63) is 65.7 Å². The molecule has 18 heavy (non-hydrogen) atoms. The Bertz CT molecular complexity index is 457. The third-order valence-electron chi connectivity index (χ3n) is 3.16. The maximum Gasteiger partial charge on any atom is 0.0340 e. The molecule has 0 amide bonds. The lowest BCUT2D eigenvalue weighted by Gasteiger charge is -2.09.